The second-order valence-corrected chi connectivity index (χ2v) is 6.37. The highest BCUT2D eigenvalue weighted by Crippen LogP contribution is 2.30. The highest BCUT2D eigenvalue weighted by Gasteiger charge is 2.38. The van der Waals surface area contributed by atoms with Gasteiger partial charge >= 0.3 is 0 Å². The molecule has 1 aliphatic rings. The van der Waals surface area contributed by atoms with Crippen molar-refractivity contribution in [1.29, 1.82) is 0 Å². The highest BCUT2D eigenvalue weighted by molar-refractivity contribution is 5.39. The Morgan fingerprint density at radius 2 is 2.00 bits per heavy atom. The number of aromatic amines is 1. The van der Waals surface area contributed by atoms with E-state index in [2.05, 4.69) is 59.6 Å². The molecule has 3 rings (SSSR count). The van der Waals surface area contributed by atoms with Gasteiger partial charge in [-0.2, -0.15) is 0 Å². The smallest absolute Gasteiger partial charge is 0.141 e. The number of benzene rings is 1. The van der Waals surface area contributed by atoms with E-state index in [-0.39, 0.29) is 5.66 Å². The van der Waals surface area contributed by atoms with E-state index in [1.165, 1.54) is 16.7 Å². The molecule has 1 aromatic carbocycles. The van der Waals surface area contributed by atoms with E-state index in [1.54, 1.807) is 0 Å². The summed E-state index contributed by atoms with van der Waals surface area (Å²) in [5.41, 5.74) is 4.06. The van der Waals surface area contributed by atoms with Crippen LogP contribution in [0.4, 0.5) is 0 Å². The average Bonchev–Trinajstić information content (AvgIpc) is 3.19. The van der Waals surface area contributed by atoms with Crippen molar-refractivity contribution in [3.05, 3.63) is 53.1 Å². The average molecular weight is 298 g/mol. The van der Waals surface area contributed by atoms with Gasteiger partial charge in [0.05, 0.1) is 0 Å². The van der Waals surface area contributed by atoms with Crippen molar-refractivity contribution in [2.24, 2.45) is 0 Å². The van der Waals surface area contributed by atoms with E-state index < -0.39 is 0 Å². The van der Waals surface area contributed by atoms with Crippen LogP contribution in [0.25, 0.3) is 0 Å². The van der Waals surface area contributed by atoms with Crippen LogP contribution in [0.15, 0.2) is 30.6 Å². The van der Waals surface area contributed by atoms with E-state index in [0.29, 0.717) is 5.92 Å². The third kappa shape index (κ3) is 2.69. The molecule has 2 heterocycles. The minimum Gasteiger partial charge on any atom is -0.346 e. The topological polar surface area (TPSA) is 52.7 Å². The summed E-state index contributed by atoms with van der Waals surface area (Å²) in [7, 11) is 0. The molecule has 4 nitrogen and oxygen atoms in total. The van der Waals surface area contributed by atoms with Crippen molar-refractivity contribution in [3.8, 4) is 0 Å². The summed E-state index contributed by atoms with van der Waals surface area (Å²) in [4.78, 5) is 7.81. The Labute approximate surface area is 132 Å². The molecule has 0 bridgehead atoms. The van der Waals surface area contributed by atoms with Gasteiger partial charge < -0.3 is 4.98 Å². The molecule has 0 atom stereocenters. The maximum Gasteiger partial charge on any atom is 0.141 e. The van der Waals surface area contributed by atoms with Crippen LogP contribution >= 0.6 is 0 Å². The van der Waals surface area contributed by atoms with E-state index >= 15 is 0 Å². The van der Waals surface area contributed by atoms with Crippen LogP contribution < -0.4 is 10.6 Å². The lowest BCUT2D eigenvalue weighted by molar-refractivity contribution is 0.321. The first-order valence-electron chi connectivity index (χ1n) is 8.27. The Hall–Kier alpha value is -1.65. The lowest BCUT2D eigenvalue weighted by atomic mass is 9.86. The molecule has 118 valence electrons. The van der Waals surface area contributed by atoms with Gasteiger partial charge in [0.1, 0.15) is 11.5 Å². The predicted octanol–water partition coefficient (Wildman–Crippen LogP) is 2.68. The molecule has 0 saturated carbocycles. The van der Waals surface area contributed by atoms with Crippen molar-refractivity contribution in [1.82, 2.24) is 20.6 Å². The summed E-state index contributed by atoms with van der Waals surface area (Å²) in [6.07, 6.45) is 5.70. The number of hydrogen-bond acceptors (Lipinski definition) is 3. The number of nitrogens with zero attached hydrogens (tertiary/aromatic N) is 1. The predicted molar refractivity (Wildman–Crippen MR) is 89.9 cm³/mol. The van der Waals surface area contributed by atoms with Crippen LogP contribution in [0, 0.1) is 0 Å². The molecule has 3 N–H and O–H groups in total. The van der Waals surface area contributed by atoms with Crippen LogP contribution in [0.1, 0.15) is 49.2 Å². The Morgan fingerprint density at radius 3 is 2.59 bits per heavy atom. The van der Waals surface area contributed by atoms with E-state index in [0.717, 1.165) is 31.8 Å². The molecular formula is C18H26N4. The first kappa shape index (κ1) is 15.3. The third-order valence-electron chi connectivity index (χ3n) is 4.64. The van der Waals surface area contributed by atoms with Gasteiger partial charge in [-0.25, -0.2) is 4.98 Å². The highest BCUT2D eigenvalue weighted by atomic mass is 15.3. The number of aryl methyl sites for hydroxylation is 1. The molecule has 2 aromatic rings. The molecule has 1 fully saturated rings. The van der Waals surface area contributed by atoms with Crippen LogP contribution in [-0.2, 0) is 18.5 Å². The summed E-state index contributed by atoms with van der Waals surface area (Å²) < 4.78 is 0. The molecule has 1 saturated heterocycles. The standard InChI is InChI=1S/C18H26N4/c1-4-14-6-5-7-15(13(2)3)16(14)12-18(21-10-11-22-18)17-19-8-9-20-17/h5-9,13,21-22H,4,10-12H2,1-3H3,(H,19,20). The van der Waals surface area contributed by atoms with Gasteiger partial charge in [0, 0.05) is 31.9 Å². The van der Waals surface area contributed by atoms with Crippen molar-refractivity contribution >= 4 is 0 Å². The second-order valence-electron chi connectivity index (χ2n) is 6.37. The Bertz CT molecular complexity index is 610. The summed E-state index contributed by atoms with van der Waals surface area (Å²) >= 11 is 0. The SMILES string of the molecule is CCc1cccc(C(C)C)c1CC1(c2ncc[nH]2)NCCN1. The van der Waals surface area contributed by atoms with Crippen molar-refractivity contribution < 1.29 is 0 Å². The maximum absolute atomic E-state index is 4.52. The third-order valence-corrected chi connectivity index (χ3v) is 4.64. The molecule has 1 aromatic heterocycles. The van der Waals surface area contributed by atoms with Crippen molar-refractivity contribution in [2.45, 2.75) is 45.2 Å². The first-order chi connectivity index (χ1) is 10.7. The molecule has 4 heteroatoms. The Kier molecular flexibility index (Phi) is 4.32. The summed E-state index contributed by atoms with van der Waals surface area (Å²) in [6.45, 7) is 8.71. The molecule has 0 aliphatic carbocycles. The number of H-pyrrole nitrogens is 1. The molecule has 0 amide bonds. The van der Waals surface area contributed by atoms with E-state index in [1.807, 2.05) is 12.4 Å². The van der Waals surface area contributed by atoms with Gasteiger partial charge in [-0.1, -0.05) is 39.0 Å². The zero-order chi connectivity index (χ0) is 15.6. The van der Waals surface area contributed by atoms with Gasteiger partial charge in [0.25, 0.3) is 0 Å². The van der Waals surface area contributed by atoms with Crippen LogP contribution in [0.2, 0.25) is 0 Å². The summed E-state index contributed by atoms with van der Waals surface area (Å²) in [5.74, 6) is 1.50. The Balaban J connectivity index is 2.04. The fourth-order valence-corrected chi connectivity index (χ4v) is 3.50. The molecule has 1 aliphatic heterocycles. The lowest BCUT2D eigenvalue weighted by Gasteiger charge is -2.30. The van der Waals surface area contributed by atoms with Crippen LogP contribution in [0.3, 0.4) is 0 Å². The van der Waals surface area contributed by atoms with Gasteiger partial charge in [0.15, 0.2) is 0 Å². The number of nitrogens with one attached hydrogen (secondary N) is 3. The first-order valence-corrected chi connectivity index (χ1v) is 8.27. The minimum absolute atomic E-state index is 0.279. The quantitative estimate of drug-likeness (QED) is 0.795. The maximum atomic E-state index is 4.52. The van der Waals surface area contributed by atoms with Gasteiger partial charge in [0.2, 0.25) is 0 Å². The fraction of sp³-hybridized carbons (Fsp3) is 0.500. The van der Waals surface area contributed by atoms with Gasteiger partial charge in [-0.15, -0.1) is 0 Å². The molecule has 0 radical (unpaired) electrons. The zero-order valence-corrected chi connectivity index (χ0v) is 13.7. The molecule has 0 unspecified atom stereocenters. The van der Waals surface area contributed by atoms with Crippen LogP contribution in [0.5, 0.6) is 0 Å². The summed E-state index contributed by atoms with van der Waals surface area (Å²) in [6, 6.07) is 6.71. The summed E-state index contributed by atoms with van der Waals surface area (Å²) in [5, 5.41) is 7.27. The molecule has 0 spiro atoms. The monoisotopic (exact) mass is 298 g/mol. The van der Waals surface area contributed by atoms with Crippen molar-refractivity contribution in [2.75, 3.05) is 13.1 Å². The van der Waals surface area contributed by atoms with Gasteiger partial charge in [-0.3, -0.25) is 10.6 Å². The number of hydrogen-bond donors (Lipinski definition) is 3. The fourth-order valence-electron chi connectivity index (χ4n) is 3.50. The number of rotatable bonds is 5. The van der Waals surface area contributed by atoms with Gasteiger partial charge in [-0.05, 0) is 29.0 Å². The largest absolute Gasteiger partial charge is 0.346 e. The van der Waals surface area contributed by atoms with E-state index in [4.69, 9.17) is 0 Å². The lowest BCUT2D eigenvalue weighted by Crippen LogP contribution is -2.49. The van der Waals surface area contributed by atoms with Crippen molar-refractivity contribution in [3.63, 3.8) is 0 Å². The Morgan fingerprint density at radius 1 is 1.23 bits per heavy atom. The second kappa shape index (κ2) is 6.23. The normalized spacial score (nSPS) is 17.3. The molecule has 22 heavy (non-hydrogen) atoms. The number of imidazole rings is 1. The molecular weight excluding hydrogens is 272 g/mol. The van der Waals surface area contributed by atoms with E-state index in [9.17, 15) is 0 Å². The minimum atomic E-state index is -0.279. The zero-order valence-electron chi connectivity index (χ0n) is 13.7. The number of aromatic nitrogens is 2. The van der Waals surface area contributed by atoms with Crippen LogP contribution in [-0.4, -0.2) is 23.1 Å².